The van der Waals surface area contributed by atoms with Crippen LogP contribution in [0.1, 0.15) is 67.2 Å². The minimum Gasteiger partial charge on any atom is -0.352 e. The molecule has 3 heterocycles. The van der Waals surface area contributed by atoms with E-state index in [2.05, 4.69) is 30.1 Å². The SMILES string of the molecule is Cc1ccc2c(c1)C=CC1N2C(C(=O)C(C)(C)C)C(C(=O)c2ccc(CC(C)C)cc2)C12C(=O)Nc1ccccc12. The van der Waals surface area contributed by atoms with Gasteiger partial charge in [0.25, 0.3) is 0 Å². The number of amides is 1. The number of nitrogens with one attached hydrogen (secondary N) is 1. The van der Waals surface area contributed by atoms with Gasteiger partial charge in [0, 0.05) is 22.4 Å². The lowest BCUT2D eigenvalue weighted by Crippen LogP contribution is -2.51. The van der Waals surface area contributed by atoms with Crippen molar-refractivity contribution in [2.75, 3.05) is 10.2 Å². The van der Waals surface area contributed by atoms with E-state index in [0.29, 0.717) is 17.2 Å². The number of aryl methyl sites for hydroxylation is 1. The van der Waals surface area contributed by atoms with E-state index in [1.54, 1.807) is 0 Å². The van der Waals surface area contributed by atoms with Crippen LogP contribution in [-0.2, 0) is 21.4 Å². The van der Waals surface area contributed by atoms with E-state index in [1.165, 1.54) is 0 Å². The third kappa shape index (κ3) is 4.08. The van der Waals surface area contributed by atoms with E-state index in [4.69, 9.17) is 0 Å². The van der Waals surface area contributed by atoms with Crippen molar-refractivity contribution in [1.82, 2.24) is 0 Å². The molecule has 0 aliphatic carbocycles. The van der Waals surface area contributed by atoms with E-state index in [0.717, 1.165) is 34.4 Å². The molecular formula is C36H38N2O3. The number of para-hydroxylation sites is 1. The number of benzene rings is 3. The minimum atomic E-state index is -1.27. The molecule has 3 aliphatic heterocycles. The second kappa shape index (κ2) is 9.54. The van der Waals surface area contributed by atoms with E-state index >= 15 is 0 Å². The molecule has 1 fully saturated rings. The Morgan fingerprint density at radius 1 is 1.00 bits per heavy atom. The fourth-order valence-electron chi connectivity index (χ4n) is 7.20. The molecule has 3 aliphatic rings. The fraction of sp³-hybridized carbons (Fsp3) is 0.361. The molecule has 5 heteroatoms. The summed E-state index contributed by atoms with van der Waals surface area (Å²) < 4.78 is 0. The maximum atomic E-state index is 14.9. The smallest absolute Gasteiger partial charge is 0.238 e. The number of Topliss-reactive ketones (excluding diaryl/α,β-unsaturated/α-hetero) is 2. The number of ketones is 2. The van der Waals surface area contributed by atoms with Gasteiger partial charge < -0.3 is 10.2 Å². The first-order chi connectivity index (χ1) is 19.4. The van der Waals surface area contributed by atoms with Crippen molar-refractivity contribution in [3.8, 4) is 0 Å². The van der Waals surface area contributed by atoms with Crippen LogP contribution in [0.15, 0.2) is 72.8 Å². The number of carbonyl (C=O) groups is 3. The van der Waals surface area contributed by atoms with Gasteiger partial charge in [-0.1, -0.05) is 101 Å². The lowest BCUT2D eigenvalue weighted by molar-refractivity contribution is -0.128. The second-order valence-electron chi connectivity index (χ2n) is 13.3. The zero-order valence-corrected chi connectivity index (χ0v) is 24.7. The van der Waals surface area contributed by atoms with E-state index < -0.39 is 28.8 Å². The molecule has 3 aromatic rings. The Hall–Kier alpha value is -3.99. The Kier molecular flexibility index (Phi) is 6.33. The number of fused-ring (bicyclic) bond motifs is 6. The molecule has 0 saturated carbocycles. The summed E-state index contributed by atoms with van der Waals surface area (Å²) in [7, 11) is 0. The molecule has 4 unspecified atom stereocenters. The molecule has 4 atom stereocenters. The molecule has 210 valence electrons. The summed E-state index contributed by atoms with van der Waals surface area (Å²) in [5.74, 6) is -0.877. The third-order valence-electron chi connectivity index (χ3n) is 8.96. The van der Waals surface area contributed by atoms with Crippen LogP contribution in [0.2, 0.25) is 0 Å². The zero-order valence-electron chi connectivity index (χ0n) is 24.7. The molecule has 6 rings (SSSR count). The largest absolute Gasteiger partial charge is 0.352 e. The summed E-state index contributed by atoms with van der Waals surface area (Å²) in [6, 6.07) is 20.2. The summed E-state index contributed by atoms with van der Waals surface area (Å²) in [4.78, 5) is 45.9. The van der Waals surface area contributed by atoms with Gasteiger partial charge in [0.05, 0.1) is 12.0 Å². The van der Waals surface area contributed by atoms with Gasteiger partial charge in [-0.2, -0.15) is 0 Å². The average molecular weight is 547 g/mol. The molecule has 41 heavy (non-hydrogen) atoms. The second-order valence-corrected chi connectivity index (χ2v) is 13.3. The topological polar surface area (TPSA) is 66.5 Å². The van der Waals surface area contributed by atoms with Gasteiger partial charge in [-0.25, -0.2) is 0 Å². The van der Waals surface area contributed by atoms with E-state index in [1.807, 2.05) is 101 Å². The Morgan fingerprint density at radius 2 is 1.71 bits per heavy atom. The van der Waals surface area contributed by atoms with Gasteiger partial charge in [-0.3, -0.25) is 14.4 Å². The van der Waals surface area contributed by atoms with Crippen LogP contribution in [0.25, 0.3) is 6.08 Å². The van der Waals surface area contributed by atoms with Crippen LogP contribution in [-0.4, -0.2) is 29.6 Å². The van der Waals surface area contributed by atoms with Crippen LogP contribution in [0.3, 0.4) is 0 Å². The van der Waals surface area contributed by atoms with Crippen molar-refractivity contribution in [1.29, 1.82) is 0 Å². The van der Waals surface area contributed by atoms with Crippen molar-refractivity contribution >= 4 is 34.9 Å². The summed E-state index contributed by atoms with van der Waals surface area (Å²) in [6.45, 7) is 12.1. The van der Waals surface area contributed by atoms with Gasteiger partial charge in [0.2, 0.25) is 5.91 Å². The van der Waals surface area contributed by atoms with Crippen molar-refractivity contribution in [2.24, 2.45) is 17.3 Å². The Morgan fingerprint density at radius 3 is 2.39 bits per heavy atom. The third-order valence-corrected chi connectivity index (χ3v) is 8.96. The normalized spacial score (nSPS) is 24.3. The molecule has 0 radical (unpaired) electrons. The maximum Gasteiger partial charge on any atom is 0.238 e. The number of carbonyl (C=O) groups excluding carboxylic acids is 3. The molecule has 1 amide bonds. The number of nitrogens with zero attached hydrogens (tertiary/aromatic N) is 1. The average Bonchev–Trinajstić information content (AvgIpc) is 3.39. The summed E-state index contributed by atoms with van der Waals surface area (Å²) in [5.41, 5.74) is 4.14. The molecular weight excluding hydrogens is 508 g/mol. The van der Waals surface area contributed by atoms with Gasteiger partial charge >= 0.3 is 0 Å². The molecule has 5 nitrogen and oxygen atoms in total. The molecule has 0 aromatic heterocycles. The van der Waals surface area contributed by atoms with Crippen LogP contribution < -0.4 is 10.2 Å². The van der Waals surface area contributed by atoms with E-state index in [9.17, 15) is 14.4 Å². The lowest BCUT2D eigenvalue weighted by Gasteiger charge is -2.38. The molecule has 1 saturated heterocycles. The summed E-state index contributed by atoms with van der Waals surface area (Å²) >= 11 is 0. The zero-order chi connectivity index (χ0) is 29.3. The predicted molar refractivity (Wildman–Crippen MR) is 164 cm³/mol. The quantitative estimate of drug-likeness (QED) is 0.358. The minimum absolute atomic E-state index is 0.0480. The highest BCUT2D eigenvalue weighted by Gasteiger charge is 2.70. The monoisotopic (exact) mass is 546 g/mol. The number of hydrogen-bond acceptors (Lipinski definition) is 4. The first-order valence-corrected chi connectivity index (χ1v) is 14.6. The Labute approximate surface area is 242 Å². The van der Waals surface area contributed by atoms with Crippen LogP contribution in [0, 0.1) is 24.2 Å². The highest BCUT2D eigenvalue weighted by atomic mass is 16.2. The number of anilines is 2. The molecule has 0 bridgehead atoms. The molecule has 1 spiro atoms. The van der Waals surface area contributed by atoms with Crippen LogP contribution in [0.4, 0.5) is 11.4 Å². The highest BCUT2D eigenvalue weighted by molar-refractivity contribution is 6.17. The van der Waals surface area contributed by atoms with Gasteiger partial charge in [-0.05, 0) is 54.2 Å². The van der Waals surface area contributed by atoms with Crippen molar-refractivity contribution < 1.29 is 14.4 Å². The van der Waals surface area contributed by atoms with Crippen molar-refractivity contribution in [3.63, 3.8) is 0 Å². The molecule has 1 N–H and O–H groups in total. The first-order valence-electron chi connectivity index (χ1n) is 14.6. The summed E-state index contributed by atoms with van der Waals surface area (Å²) in [5, 5.41) is 3.10. The van der Waals surface area contributed by atoms with Crippen molar-refractivity contribution in [3.05, 3.63) is 101 Å². The predicted octanol–water partition coefficient (Wildman–Crippen LogP) is 6.78. The Balaban J connectivity index is 1.62. The number of hydrogen-bond donors (Lipinski definition) is 1. The van der Waals surface area contributed by atoms with Crippen LogP contribution >= 0.6 is 0 Å². The van der Waals surface area contributed by atoms with E-state index in [-0.39, 0.29) is 17.5 Å². The summed E-state index contributed by atoms with van der Waals surface area (Å²) in [6.07, 6.45) is 5.00. The number of rotatable bonds is 5. The van der Waals surface area contributed by atoms with Crippen LogP contribution in [0.5, 0.6) is 0 Å². The van der Waals surface area contributed by atoms with Gasteiger partial charge in [0.15, 0.2) is 11.6 Å². The van der Waals surface area contributed by atoms with Crippen molar-refractivity contribution in [2.45, 2.75) is 65.5 Å². The highest BCUT2D eigenvalue weighted by Crippen LogP contribution is 2.58. The van der Waals surface area contributed by atoms with Gasteiger partial charge in [-0.15, -0.1) is 0 Å². The standard InChI is InChI=1S/C36H38N2O3/c1-21(2)19-23-12-14-24(15-13-23)32(39)30-31(33(40)35(4,5)6)38-28-17-11-22(3)20-25(28)16-18-29(38)36(30)26-9-7-8-10-27(26)37-34(36)41/h7-18,20-21,29-31H,19H2,1-6H3,(H,37,41). The maximum absolute atomic E-state index is 14.9. The first kappa shape index (κ1) is 27.2. The Bertz CT molecular complexity index is 1590. The fourth-order valence-corrected chi connectivity index (χ4v) is 7.20. The molecule has 3 aromatic carbocycles. The lowest BCUT2D eigenvalue weighted by atomic mass is 9.63. The van der Waals surface area contributed by atoms with Gasteiger partial charge in [0.1, 0.15) is 11.5 Å².